The largest absolute Gasteiger partial charge is 0.355 e. The van der Waals surface area contributed by atoms with Crippen LogP contribution in [-0.4, -0.2) is 46.0 Å². The van der Waals surface area contributed by atoms with E-state index in [0.29, 0.717) is 5.41 Å². The summed E-state index contributed by atoms with van der Waals surface area (Å²) in [7, 11) is 0. The molecule has 2 fully saturated rings. The van der Waals surface area contributed by atoms with E-state index in [2.05, 4.69) is 56.6 Å². The number of H-pyrrole nitrogens is 1. The van der Waals surface area contributed by atoms with Crippen LogP contribution in [0.5, 0.6) is 0 Å². The number of aromatic nitrogens is 3. The van der Waals surface area contributed by atoms with E-state index in [1.54, 1.807) is 6.33 Å². The maximum Gasteiger partial charge on any atom is 0.142 e. The monoisotopic (exact) mass is 337 g/mol. The van der Waals surface area contributed by atoms with Crippen molar-refractivity contribution in [1.82, 2.24) is 19.9 Å². The van der Waals surface area contributed by atoms with Gasteiger partial charge in [0.1, 0.15) is 17.8 Å². The van der Waals surface area contributed by atoms with Gasteiger partial charge in [-0.15, -0.1) is 0 Å². The number of fused-ring (bicyclic) bond motifs is 2. The third-order valence-corrected chi connectivity index (χ3v) is 6.12. The Morgan fingerprint density at radius 2 is 2.12 bits per heavy atom. The summed E-state index contributed by atoms with van der Waals surface area (Å²) in [5.74, 6) is 5.14. The number of hydrogen-bond donors (Lipinski definition) is 1. The summed E-state index contributed by atoms with van der Waals surface area (Å²) < 4.78 is 0. The molecule has 0 spiro atoms. The molecule has 4 heterocycles. The maximum atomic E-state index is 4.63. The van der Waals surface area contributed by atoms with Crippen molar-refractivity contribution in [1.29, 1.82) is 0 Å². The topological polar surface area (TPSA) is 48.1 Å². The van der Waals surface area contributed by atoms with E-state index in [1.165, 1.54) is 19.3 Å². The van der Waals surface area contributed by atoms with Crippen LogP contribution in [0.2, 0.25) is 0 Å². The molecule has 0 bridgehead atoms. The van der Waals surface area contributed by atoms with Gasteiger partial charge in [0.25, 0.3) is 0 Å². The molecule has 0 saturated carbocycles. The molecule has 4 rings (SSSR count). The number of hydrogen-bond acceptors (Lipinski definition) is 4. The molecule has 0 aliphatic carbocycles. The Balaban J connectivity index is 1.63. The first-order chi connectivity index (χ1) is 12.3. The van der Waals surface area contributed by atoms with Crippen LogP contribution in [0, 0.1) is 23.3 Å². The maximum absolute atomic E-state index is 4.63. The van der Waals surface area contributed by atoms with Crippen LogP contribution in [0.4, 0.5) is 5.82 Å². The number of likely N-dealkylation sites (tertiary alicyclic amines) is 1. The third-order valence-electron chi connectivity index (χ3n) is 6.12. The number of aromatic amines is 1. The zero-order valence-electron chi connectivity index (χ0n) is 15.3. The molecule has 0 amide bonds. The number of rotatable bonds is 2. The molecule has 2 aliphatic heterocycles. The van der Waals surface area contributed by atoms with Crippen LogP contribution in [0.3, 0.4) is 0 Å². The second-order valence-corrected chi connectivity index (χ2v) is 7.41. The minimum absolute atomic E-state index is 0.312. The lowest BCUT2D eigenvalue weighted by molar-refractivity contribution is 0.0366. The first-order valence-corrected chi connectivity index (χ1v) is 9.52. The van der Waals surface area contributed by atoms with Gasteiger partial charge in [0.2, 0.25) is 0 Å². The summed E-state index contributed by atoms with van der Waals surface area (Å²) in [5.41, 5.74) is 1.24. The Morgan fingerprint density at radius 3 is 2.96 bits per heavy atom. The first-order valence-electron chi connectivity index (χ1n) is 9.52. The van der Waals surface area contributed by atoms with Crippen molar-refractivity contribution >= 4 is 16.9 Å². The van der Waals surface area contributed by atoms with Gasteiger partial charge in [-0.2, -0.15) is 0 Å². The molecule has 2 aliphatic rings. The Labute approximate surface area is 149 Å². The Bertz CT molecular complexity index is 801. The fourth-order valence-electron chi connectivity index (χ4n) is 4.70. The van der Waals surface area contributed by atoms with Crippen molar-refractivity contribution in [2.75, 3.05) is 31.1 Å². The summed E-state index contributed by atoms with van der Waals surface area (Å²) in [6, 6.07) is 5.47. The highest BCUT2D eigenvalue weighted by Gasteiger charge is 2.46. The molecular formula is C20H27N5. The van der Waals surface area contributed by atoms with Gasteiger partial charge in [-0.25, -0.2) is 9.97 Å². The molecule has 5 heteroatoms. The van der Waals surface area contributed by atoms with Crippen LogP contribution in [0.25, 0.3) is 11.0 Å². The predicted molar refractivity (Wildman–Crippen MR) is 101 cm³/mol. The second-order valence-electron chi connectivity index (χ2n) is 7.41. The highest BCUT2D eigenvalue weighted by Crippen LogP contribution is 2.45. The van der Waals surface area contributed by atoms with E-state index in [9.17, 15) is 0 Å². The van der Waals surface area contributed by atoms with Crippen molar-refractivity contribution in [3.63, 3.8) is 0 Å². The van der Waals surface area contributed by atoms with Crippen molar-refractivity contribution in [2.24, 2.45) is 11.3 Å². The molecule has 0 aromatic carbocycles. The molecule has 2 aromatic rings. The zero-order valence-corrected chi connectivity index (χ0v) is 15.3. The zero-order chi connectivity index (χ0) is 17.3. The number of anilines is 1. The lowest BCUT2D eigenvalue weighted by Gasteiger charge is -2.53. The number of nitrogens with one attached hydrogen (secondary N) is 1. The molecule has 25 heavy (non-hydrogen) atoms. The molecule has 0 radical (unpaired) electrons. The van der Waals surface area contributed by atoms with Crippen molar-refractivity contribution in [3.05, 3.63) is 18.6 Å². The first kappa shape index (κ1) is 16.3. The summed E-state index contributed by atoms with van der Waals surface area (Å²) in [6.07, 6.45) is 8.27. The quantitative estimate of drug-likeness (QED) is 0.855. The molecule has 132 valence electrons. The predicted octanol–water partition coefficient (Wildman–Crippen LogP) is 3.26. The smallest absolute Gasteiger partial charge is 0.142 e. The number of piperidine rings is 2. The summed E-state index contributed by atoms with van der Waals surface area (Å²) in [6.45, 7) is 8.82. The van der Waals surface area contributed by atoms with E-state index in [4.69, 9.17) is 0 Å². The Hall–Kier alpha value is -2.22. The normalized spacial score (nSPS) is 26.2. The summed E-state index contributed by atoms with van der Waals surface area (Å²) in [5, 5.41) is 1.13. The van der Waals surface area contributed by atoms with Gasteiger partial charge in [0.05, 0.1) is 5.39 Å². The van der Waals surface area contributed by atoms with Crippen LogP contribution in [-0.2, 0) is 0 Å². The lowest BCUT2D eigenvalue weighted by atomic mass is 9.65. The standard InChI is InChI=1S/C20H27N5/c1-3-5-10-24-11-7-16-8-12-25(14-20(16,4-2)13-24)19-17-6-9-21-18(17)22-15-23-19/h6,9,15-16H,3-4,7-8,11-14H2,1-2H3,(H,21,22,23)/t16-,20+/m1/s1. The van der Waals surface area contributed by atoms with E-state index >= 15 is 0 Å². The average molecular weight is 337 g/mol. The SMILES string of the molecule is CCC#CN1CC[C@@H]2CCN(c3ncnc4[nH]ccc34)C[C@]2(CC)C1. The molecule has 1 N–H and O–H groups in total. The van der Waals surface area contributed by atoms with E-state index in [1.807, 2.05) is 6.20 Å². The highest BCUT2D eigenvalue weighted by molar-refractivity contribution is 5.87. The lowest BCUT2D eigenvalue weighted by Crippen LogP contribution is -2.57. The van der Waals surface area contributed by atoms with Crippen molar-refractivity contribution < 1.29 is 0 Å². The van der Waals surface area contributed by atoms with Gasteiger partial charge < -0.3 is 14.8 Å². The average Bonchev–Trinajstić information content (AvgIpc) is 3.14. The van der Waals surface area contributed by atoms with Gasteiger partial charge >= 0.3 is 0 Å². The summed E-state index contributed by atoms with van der Waals surface area (Å²) >= 11 is 0. The fourth-order valence-corrected chi connectivity index (χ4v) is 4.70. The Morgan fingerprint density at radius 1 is 1.24 bits per heavy atom. The molecule has 5 nitrogen and oxygen atoms in total. The minimum Gasteiger partial charge on any atom is -0.355 e. The molecule has 2 aromatic heterocycles. The highest BCUT2D eigenvalue weighted by atomic mass is 15.2. The molecule has 2 atom stereocenters. The molecule has 0 unspecified atom stereocenters. The van der Waals surface area contributed by atoms with Gasteiger partial charge in [-0.05, 0) is 31.2 Å². The minimum atomic E-state index is 0.312. The van der Waals surface area contributed by atoms with Gasteiger partial charge in [-0.3, -0.25) is 0 Å². The van der Waals surface area contributed by atoms with Gasteiger partial charge in [0.15, 0.2) is 0 Å². The molecule has 2 saturated heterocycles. The van der Waals surface area contributed by atoms with E-state index in [-0.39, 0.29) is 0 Å². The van der Waals surface area contributed by atoms with E-state index < -0.39 is 0 Å². The van der Waals surface area contributed by atoms with Crippen molar-refractivity contribution in [2.45, 2.75) is 39.5 Å². The van der Waals surface area contributed by atoms with Crippen LogP contribution >= 0.6 is 0 Å². The number of nitrogens with zero attached hydrogens (tertiary/aromatic N) is 4. The third kappa shape index (κ3) is 2.84. The van der Waals surface area contributed by atoms with E-state index in [0.717, 1.165) is 55.4 Å². The van der Waals surface area contributed by atoms with Crippen LogP contribution in [0.1, 0.15) is 39.5 Å². The van der Waals surface area contributed by atoms with Crippen LogP contribution in [0.15, 0.2) is 18.6 Å². The fraction of sp³-hybridized carbons (Fsp3) is 0.600. The van der Waals surface area contributed by atoms with Crippen LogP contribution < -0.4 is 4.90 Å². The van der Waals surface area contributed by atoms with Crippen molar-refractivity contribution in [3.8, 4) is 12.0 Å². The van der Waals surface area contributed by atoms with Gasteiger partial charge in [-0.1, -0.05) is 19.8 Å². The Kier molecular flexibility index (Phi) is 4.29. The second kappa shape index (κ2) is 6.59. The summed E-state index contributed by atoms with van der Waals surface area (Å²) in [4.78, 5) is 17.0. The molecular weight excluding hydrogens is 310 g/mol. The van der Waals surface area contributed by atoms with Gasteiger partial charge in [0, 0.05) is 50.3 Å².